The van der Waals surface area contributed by atoms with Crippen LogP contribution in [0.3, 0.4) is 0 Å². The van der Waals surface area contributed by atoms with E-state index in [1.165, 1.54) is 4.90 Å². The summed E-state index contributed by atoms with van der Waals surface area (Å²) in [5.74, 6) is -1.87. The Kier molecular flexibility index (Phi) is 8.87. The van der Waals surface area contributed by atoms with Crippen molar-refractivity contribution in [3.63, 3.8) is 0 Å². The molecule has 0 bridgehead atoms. The summed E-state index contributed by atoms with van der Waals surface area (Å²) in [5.41, 5.74) is 4.36. The molecule has 1 fully saturated rings. The minimum Gasteiger partial charge on any atom is -0.463 e. The van der Waals surface area contributed by atoms with Crippen molar-refractivity contribution in [3.05, 3.63) is 0 Å². The second kappa shape index (κ2) is 10.4. The number of likely N-dealkylation sites (tertiary alicyclic amines) is 1. The summed E-state index contributed by atoms with van der Waals surface area (Å²) >= 11 is 0. The van der Waals surface area contributed by atoms with Gasteiger partial charge in [0.05, 0.1) is 18.8 Å². The van der Waals surface area contributed by atoms with E-state index in [1.54, 1.807) is 34.6 Å². The van der Waals surface area contributed by atoms with Gasteiger partial charge in [-0.3, -0.25) is 14.4 Å². The molecule has 0 aromatic rings. The van der Waals surface area contributed by atoms with E-state index >= 15 is 0 Å². The van der Waals surface area contributed by atoms with Gasteiger partial charge in [0.2, 0.25) is 11.8 Å². The Hall–Kier alpha value is -2.16. The minimum absolute atomic E-state index is 0.0432. The number of nitrogens with two attached hydrogens (primary N) is 1. The van der Waals surface area contributed by atoms with Crippen molar-refractivity contribution in [1.82, 2.24) is 10.2 Å². The van der Waals surface area contributed by atoms with Gasteiger partial charge in [-0.15, -0.1) is 0 Å². The number of hydrogen-bond acceptors (Lipinski definition) is 7. The molecule has 0 aliphatic carbocycles. The van der Waals surface area contributed by atoms with Crippen LogP contribution in [0, 0.1) is 0 Å². The first-order chi connectivity index (χ1) is 13.0. The smallest absolute Gasteiger partial charge is 0.328 e. The summed E-state index contributed by atoms with van der Waals surface area (Å²) in [6.45, 7) is 8.75. The van der Waals surface area contributed by atoms with E-state index in [4.69, 9.17) is 15.2 Å². The monoisotopic (exact) mass is 399 g/mol. The summed E-state index contributed by atoms with van der Waals surface area (Å²) in [4.78, 5) is 50.7. The third-order valence-electron chi connectivity index (χ3n) is 4.55. The van der Waals surface area contributed by atoms with Gasteiger partial charge < -0.3 is 25.4 Å². The molecule has 160 valence electrons. The van der Waals surface area contributed by atoms with Gasteiger partial charge in [-0.05, 0) is 53.9 Å². The molecule has 28 heavy (non-hydrogen) atoms. The van der Waals surface area contributed by atoms with E-state index < -0.39 is 29.4 Å². The molecule has 0 saturated carbocycles. The molecule has 2 unspecified atom stereocenters. The number of carbonyl (C=O) groups is 4. The van der Waals surface area contributed by atoms with Gasteiger partial charge in [0, 0.05) is 13.0 Å². The highest BCUT2D eigenvalue weighted by molar-refractivity contribution is 5.94. The van der Waals surface area contributed by atoms with E-state index in [9.17, 15) is 19.2 Å². The SMILES string of the molecule is CC(C)OC(=O)CCC(NC(=O)C1(C)CCCN1C(=O)CN)C(=O)OC(C)C. The summed E-state index contributed by atoms with van der Waals surface area (Å²) in [7, 11) is 0. The topological polar surface area (TPSA) is 128 Å². The largest absolute Gasteiger partial charge is 0.463 e. The van der Waals surface area contributed by atoms with Crippen LogP contribution in [0.25, 0.3) is 0 Å². The highest BCUT2D eigenvalue weighted by Gasteiger charge is 2.46. The highest BCUT2D eigenvalue weighted by atomic mass is 16.5. The second-order valence-corrected chi connectivity index (χ2v) is 7.72. The van der Waals surface area contributed by atoms with E-state index in [0.717, 1.165) is 0 Å². The fourth-order valence-electron chi connectivity index (χ4n) is 3.17. The lowest BCUT2D eigenvalue weighted by Crippen LogP contribution is -2.59. The first-order valence-electron chi connectivity index (χ1n) is 9.72. The van der Waals surface area contributed by atoms with Gasteiger partial charge >= 0.3 is 11.9 Å². The summed E-state index contributed by atoms with van der Waals surface area (Å²) in [6.07, 6.45) is 0.495. The van der Waals surface area contributed by atoms with Gasteiger partial charge in [0.25, 0.3) is 0 Å². The maximum atomic E-state index is 13.0. The Balaban J connectivity index is 2.88. The van der Waals surface area contributed by atoms with Crippen molar-refractivity contribution in [2.24, 2.45) is 5.73 Å². The lowest BCUT2D eigenvalue weighted by Gasteiger charge is -2.34. The molecular formula is C19H33N3O6. The molecule has 0 radical (unpaired) electrons. The maximum absolute atomic E-state index is 13.0. The molecular weight excluding hydrogens is 366 g/mol. The van der Waals surface area contributed by atoms with Gasteiger partial charge in [-0.25, -0.2) is 4.79 Å². The van der Waals surface area contributed by atoms with Crippen molar-refractivity contribution in [3.8, 4) is 0 Å². The van der Waals surface area contributed by atoms with E-state index in [0.29, 0.717) is 19.4 Å². The average Bonchev–Trinajstić information content (AvgIpc) is 2.99. The molecule has 3 N–H and O–H groups in total. The van der Waals surface area contributed by atoms with Gasteiger partial charge in [0.1, 0.15) is 11.6 Å². The highest BCUT2D eigenvalue weighted by Crippen LogP contribution is 2.29. The summed E-state index contributed by atoms with van der Waals surface area (Å²) in [6, 6.07) is -1.01. The molecule has 1 heterocycles. The number of ether oxygens (including phenoxy) is 2. The molecule has 1 aliphatic rings. The number of hydrogen-bond donors (Lipinski definition) is 2. The lowest BCUT2D eigenvalue weighted by atomic mass is 9.96. The number of amides is 2. The standard InChI is InChI=1S/C19H33N3O6/c1-12(2)27-16(24)8-7-14(17(25)28-13(3)4)21-18(26)19(5)9-6-10-22(19)15(23)11-20/h12-14H,6-11,20H2,1-5H3,(H,21,26). The molecule has 1 saturated heterocycles. The van der Waals surface area contributed by atoms with Crippen LogP contribution in [0.5, 0.6) is 0 Å². The van der Waals surface area contributed by atoms with Crippen molar-refractivity contribution in [2.75, 3.05) is 13.1 Å². The summed E-state index contributed by atoms with van der Waals surface area (Å²) in [5, 5.41) is 2.67. The first kappa shape index (κ1) is 23.9. The van der Waals surface area contributed by atoms with Crippen LogP contribution >= 0.6 is 0 Å². The zero-order valence-corrected chi connectivity index (χ0v) is 17.4. The van der Waals surface area contributed by atoms with Crippen LogP contribution in [0.4, 0.5) is 0 Å². The molecule has 0 spiro atoms. The van der Waals surface area contributed by atoms with E-state index in [2.05, 4.69) is 5.32 Å². The third-order valence-corrected chi connectivity index (χ3v) is 4.55. The normalized spacial score (nSPS) is 20.2. The Morgan fingerprint density at radius 1 is 1.11 bits per heavy atom. The molecule has 1 rings (SSSR count). The van der Waals surface area contributed by atoms with Crippen molar-refractivity contribution < 1.29 is 28.7 Å². The van der Waals surface area contributed by atoms with Gasteiger partial charge in [0.15, 0.2) is 0 Å². The summed E-state index contributed by atoms with van der Waals surface area (Å²) < 4.78 is 10.3. The molecule has 2 atom stereocenters. The molecule has 1 aliphatic heterocycles. The predicted molar refractivity (Wildman–Crippen MR) is 102 cm³/mol. The van der Waals surface area contributed by atoms with Gasteiger partial charge in [-0.2, -0.15) is 0 Å². The van der Waals surface area contributed by atoms with Crippen molar-refractivity contribution >= 4 is 23.8 Å². The van der Waals surface area contributed by atoms with Crippen LogP contribution in [0.2, 0.25) is 0 Å². The number of carbonyl (C=O) groups excluding carboxylic acids is 4. The zero-order valence-electron chi connectivity index (χ0n) is 17.4. The number of esters is 2. The third kappa shape index (κ3) is 6.47. The van der Waals surface area contributed by atoms with Gasteiger partial charge in [-0.1, -0.05) is 0 Å². The van der Waals surface area contributed by atoms with Crippen LogP contribution < -0.4 is 11.1 Å². The first-order valence-corrected chi connectivity index (χ1v) is 9.72. The van der Waals surface area contributed by atoms with E-state index in [1.807, 2.05) is 0 Å². The van der Waals surface area contributed by atoms with Crippen molar-refractivity contribution in [2.45, 2.75) is 84.1 Å². The zero-order chi connectivity index (χ0) is 21.5. The number of nitrogens with one attached hydrogen (secondary N) is 1. The lowest BCUT2D eigenvalue weighted by molar-refractivity contribution is -0.154. The van der Waals surface area contributed by atoms with Crippen LogP contribution in [0.15, 0.2) is 0 Å². The predicted octanol–water partition coefficient (Wildman–Crippen LogP) is 0.494. The molecule has 0 aromatic carbocycles. The Morgan fingerprint density at radius 3 is 2.25 bits per heavy atom. The molecule has 0 aromatic heterocycles. The molecule has 2 amide bonds. The van der Waals surface area contributed by atoms with Crippen LogP contribution in [-0.2, 0) is 28.7 Å². The maximum Gasteiger partial charge on any atom is 0.328 e. The average molecular weight is 399 g/mol. The van der Waals surface area contributed by atoms with Crippen molar-refractivity contribution in [1.29, 1.82) is 0 Å². The quantitative estimate of drug-likeness (QED) is 0.540. The molecule has 9 heteroatoms. The Morgan fingerprint density at radius 2 is 1.71 bits per heavy atom. The Labute approximate surface area is 166 Å². The minimum atomic E-state index is -1.09. The fraction of sp³-hybridized carbons (Fsp3) is 0.789. The second-order valence-electron chi connectivity index (χ2n) is 7.72. The van der Waals surface area contributed by atoms with Crippen LogP contribution in [-0.4, -0.2) is 65.5 Å². The number of nitrogens with zero attached hydrogens (tertiary/aromatic N) is 1. The number of rotatable bonds is 9. The van der Waals surface area contributed by atoms with Crippen LogP contribution in [0.1, 0.15) is 60.3 Å². The molecule has 9 nitrogen and oxygen atoms in total. The Bertz CT molecular complexity index is 592. The van der Waals surface area contributed by atoms with E-state index in [-0.39, 0.29) is 37.5 Å². The fourth-order valence-corrected chi connectivity index (χ4v) is 3.17.